The van der Waals surface area contributed by atoms with Gasteiger partial charge in [-0.25, -0.2) is 0 Å². The van der Waals surface area contributed by atoms with Crippen LogP contribution in [0.3, 0.4) is 0 Å². The Bertz CT molecular complexity index is 802. The van der Waals surface area contributed by atoms with Crippen molar-refractivity contribution in [2.24, 2.45) is 0 Å². The number of hydrogen-bond acceptors (Lipinski definition) is 6. The van der Waals surface area contributed by atoms with Crippen LogP contribution in [0.4, 0.5) is 5.69 Å². The second-order valence-electron chi connectivity index (χ2n) is 6.93. The van der Waals surface area contributed by atoms with Crippen LogP contribution in [-0.2, 0) is 11.3 Å². The first-order valence-electron chi connectivity index (χ1n) is 9.72. The molecule has 1 saturated heterocycles. The van der Waals surface area contributed by atoms with Crippen LogP contribution in [0, 0.1) is 0 Å². The summed E-state index contributed by atoms with van der Waals surface area (Å²) in [7, 11) is 4.88. The number of ether oxygens (including phenoxy) is 3. The average Bonchev–Trinajstić information content (AvgIpc) is 2.78. The standard InChI is InChI=1S/C22H29N3O4/c1-27-19-7-5-18(6-8-19)25-12-10-24(11-13-25)16-22(26)23-15-17-4-9-20(28-2)21(14-17)29-3/h4-9,14H,10-13,15-16H2,1-3H3,(H,23,26). The summed E-state index contributed by atoms with van der Waals surface area (Å²) < 4.78 is 15.8. The lowest BCUT2D eigenvalue weighted by atomic mass is 10.2. The number of benzene rings is 2. The Morgan fingerprint density at radius 2 is 1.59 bits per heavy atom. The molecule has 1 N–H and O–H groups in total. The van der Waals surface area contributed by atoms with Crippen molar-refractivity contribution in [3.8, 4) is 17.2 Å². The van der Waals surface area contributed by atoms with Gasteiger partial charge in [-0.15, -0.1) is 0 Å². The van der Waals surface area contributed by atoms with Gasteiger partial charge in [-0.2, -0.15) is 0 Å². The molecule has 0 bridgehead atoms. The predicted molar refractivity (Wildman–Crippen MR) is 113 cm³/mol. The minimum Gasteiger partial charge on any atom is -0.497 e. The minimum absolute atomic E-state index is 0.0256. The second-order valence-corrected chi connectivity index (χ2v) is 6.93. The highest BCUT2D eigenvalue weighted by Crippen LogP contribution is 2.27. The highest BCUT2D eigenvalue weighted by Gasteiger charge is 2.19. The molecule has 0 aromatic heterocycles. The molecule has 0 radical (unpaired) electrons. The molecule has 7 nitrogen and oxygen atoms in total. The molecule has 156 valence electrons. The Labute approximate surface area is 172 Å². The maximum Gasteiger partial charge on any atom is 0.234 e. The minimum atomic E-state index is 0.0256. The Morgan fingerprint density at radius 3 is 2.21 bits per heavy atom. The van der Waals surface area contributed by atoms with Gasteiger partial charge in [0.2, 0.25) is 5.91 Å². The van der Waals surface area contributed by atoms with Crippen LogP contribution in [0.15, 0.2) is 42.5 Å². The van der Waals surface area contributed by atoms with E-state index in [0.29, 0.717) is 24.6 Å². The highest BCUT2D eigenvalue weighted by molar-refractivity contribution is 5.78. The maximum atomic E-state index is 12.3. The molecule has 7 heteroatoms. The monoisotopic (exact) mass is 399 g/mol. The fourth-order valence-electron chi connectivity index (χ4n) is 3.41. The maximum absolute atomic E-state index is 12.3. The number of methoxy groups -OCH3 is 3. The van der Waals surface area contributed by atoms with E-state index < -0.39 is 0 Å². The van der Waals surface area contributed by atoms with E-state index in [1.165, 1.54) is 5.69 Å². The van der Waals surface area contributed by atoms with E-state index >= 15 is 0 Å². The Balaban J connectivity index is 1.43. The summed E-state index contributed by atoms with van der Waals surface area (Å²) in [4.78, 5) is 16.9. The molecule has 0 aliphatic carbocycles. The number of nitrogens with zero attached hydrogens (tertiary/aromatic N) is 2. The van der Waals surface area contributed by atoms with Crippen molar-refractivity contribution in [3.05, 3.63) is 48.0 Å². The molecular weight excluding hydrogens is 370 g/mol. The number of anilines is 1. The summed E-state index contributed by atoms with van der Waals surface area (Å²) in [6, 6.07) is 13.8. The van der Waals surface area contributed by atoms with Crippen molar-refractivity contribution in [2.45, 2.75) is 6.54 Å². The average molecular weight is 399 g/mol. The van der Waals surface area contributed by atoms with Crippen molar-refractivity contribution in [1.29, 1.82) is 0 Å². The Morgan fingerprint density at radius 1 is 0.897 bits per heavy atom. The van der Waals surface area contributed by atoms with E-state index in [2.05, 4.69) is 27.2 Å². The molecule has 3 rings (SSSR count). The Hall–Kier alpha value is -2.93. The quantitative estimate of drug-likeness (QED) is 0.734. The summed E-state index contributed by atoms with van der Waals surface area (Å²) in [6.07, 6.45) is 0. The lowest BCUT2D eigenvalue weighted by Gasteiger charge is -2.35. The van der Waals surface area contributed by atoms with Gasteiger partial charge in [0.25, 0.3) is 0 Å². The molecule has 0 saturated carbocycles. The van der Waals surface area contributed by atoms with Crippen LogP contribution in [0.25, 0.3) is 0 Å². The third kappa shape index (κ3) is 5.54. The molecule has 0 atom stereocenters. The van der Waals surface area contributed by atoms with Crippen molar-refractivity contribution in [1.82, 2.24) is 10.2 Å². The van der Waals surface area contributed by atoms with Crippen LogP contribution in [0.2, 0.25) is 0 Å². The molecule has 2 aromatic rings. The largest absolute Gasteiger partial charge is 0.497 e. The zero-order chi connectivity index (χ0) is 20.6. The van der Waals surface area contributed by atoms with Gasteiger partial charge in [0.15, 0.2) is 11.5 Å². The lowest BCUT2D eigenvalue weighted by molar-refractivity contribution is -0.122. The summed E-state index contributed by atoms with van der Waals surface area (Å²) in [5, 5.41) is 2.99. The second kappa shape index (κ2) is 10.0. The third-order valence-electron chi connectivity index (χ3n) is 5.11. The fourth-order valence-corrected chi connectivity index (χ4v) is 3.41. The number of carbonyl (C=O) groups is 1. The van der Waals surface area contributed by atoms with E-state index in [4.69, 9.17) is 14.2 Å². The van der Waals surface area contributed by atoms with Gasteiger partial charge in [0.1, 0.15) is 5.75 Å². The number of rotatable bonds is 8. The van der Waals surface area contributed by atoms with Crippen LogP contribution in [0.1, 0.15) is 5.56 Å². The SMILES string of the molecule is COc1ccc(N2CCN(CC(=O)NCc3ccc(OC)c(OC)c3)CC2)cc1. The van der Waals surface area contributed by atoms with E-state index in [1.807, 2.05) is 30.3 Å². The zero-order valence-electron chi connectivity index (χ0n) is 17.3. The molecule has 0 spiro atoms. The number of piperazine rings is 1. The third-order valence-corrected chi connectivity index (χ3v) is 5.11. The first-order valence-corrected chi connectivity index (χ1v) is 9.72. The Kier molecular flexibility index (Phi) is 7.19. The zero-order valence-corrected chi connectivity index (χ0v) is 17.3. The summed E-state index contributed by atoms with van der Waals surface area (Å²) in [5.74, 6) is 2.22. The fraction of sp³-hybridized carbons (Fsp3) is 0.409. The van der Waals surface area contributed by atoms with Crippen molar-refractivity contribution in [2.75, 3.05) is 59.0 Å². The van der Waals surface area contributed by atoms with Crippen LogP contribution >= 0.6 is 0 Å². The number of carbonyl (C=O) groups excluding carboxylic acids is 1. The van der Waals surface area contributed by atoms with E-state index in [-0.39, 0.29) is 5.91 Å². The molecule has 0 unspecified atom stereocenters. The van der Waals surface area contributed by atoms with Gasteiger partial charge in [-0.1, -0.05) is 6.07 Å². The van der Waals surface area contributed by atoms with Crippen molar-refractivity contribution in [3.63, 3.8) is 0 Å². The summed E-state index contributed by atoms with van der Waals surface area (Å²) >= 11 is 0. The molecule has 29 heavy (non-hydrogen) atoms. The molecule has 1 amide bonds. The normalized spacial score (nSPS) is 14.4. The first-order chi connectivity index (χ1) is 14.1. The van der Waals surface area contributed by atoms with E-state index in [0.717, 1.165) is 37.5 Å². The lowest BCUT2D eigenvalue weighted by Crippen LogP contribution is -2.49. The van der Waals surface area contributed by atoms with Crippen LogP contribution in [-0.4, -0.2) is 64.9 Å². The smallest absolute Gasteiger partial charge is 0.234 e. The summed E-state index contributed by atoms with van der Waals surface area (Å²) in [6.45, 7) is 4.38. The van der Waals surface area contributed by atoms with Gasteiger partial charge in [0.05, 0.1) is 27.9 Å². The molecule has 1 heterocycles. The van der Waals surface area contributed by atoms with Crippen molar-refractivity contribution >= 4 is 11.6 Å². The van der Waals surface area contributed by atoms with Crippen LogP contribution < -0.4 is 24.4 Å². The first kappa shape index (κ1) is 20.8. The highest BCUT2D eigenvalue weighted by atomic mass is 16.5. The topological polar surface area (TPSA) is 63.3 Å². The van der Waals surface area contributed by atoms with Gasteiger partial charge in [-0.3, -0.25) is 9.69 Å². The van der Waals surface area contributed by atoms with Crippen LogP contribution in [0.5, 0.6) is 17.2 Å². The number of amides is 1. The predicted octanol–water partition coefficient (Wildman–Crippen LogP) is 2.15. The molecular formula is C22H29N3O4. The molecule has 1 aliphatic rings. The van der Waals surface area contributed by atoms with Crippen molar-refractivity contribution < 1.29 is 19.0 Å². The number of hydrogen-bond donors (Lipinski definition) is 1. The molecule has 2 aromatic carbocycles. The van der Waals surface area contributed by atoms with Gasteiger partial charge < -0.3 is 24.4 Å². The van der Waals surface area contributed by atoms with Gasteiger partial charge in [0, 0.05) is 38.4 Å². The van der Waals surface area contributed by atoms with E-state index in [1.54, 1.807) is 21.3 Å². The van der Waals surface area contributed by atoms with Gasteiger partial charge >= 0.3 is 0 Å². The van der Waals surface area contributed by atoms with Gasteiger partial charge in [-0.05, 0) is 42.0 Å². The summed E-state index contributed by atoms with van der Waals surface area (Å²) in [5.41, 5.74) is 2.16. The molecule has 1 fully saturated rings. The van der Waals surface area contributed by atoms with E-state index in [9.17, 15) is 4.79 Å². The number of nitrogens with one attached hydrogen (secondary N) is 1. The molecule has 1 aliphatic heterocycles.